The number of pyridine rings is 2. The van der Waals surface area contributed by atoms with Gasteiger partial charge in [-0.15, -0.1) is 24.8 Å². The number of H-pyrrole nitrogens is 1. The molecule has 1 aliphatic heterocycles. The van der Waals surface area contributed by atoms with Gasteiger partial charge in [-0.2, -0.15) is 17.6 Å². The number of nitrogens with zero attached hydrogens (tertiary/aromatic N) is 2. The molecule has 1 saturated heterocycles. The molecule has 11 heteroatoms. The van der Waals surface area contributed by atoms with E-state index < -0.39 is 23.2 Å². The van der Waals surface area contributed by atoms with Gasteiger partial charge < -0.3 is 9.47 Å². The minimum absolute atomic E-state index is 0. The monoisotopic (exact) mass is 559 g/mol. The normalized spacial score (nSPS) is 20.6. The number of nitrogens with one attached hydrogen (secondary N) is 1. The van der Waals surface area contributed by atoms with Crippen molar-refractivity contribution >= 4 is 24.8 Å². The van der Waals surface area contributed by atoms with E-state index in [1.165, 1.54) is 18.2 Å². The van der Waals surface area contributed by atoms with Crippen LogP contribution in [0.25, 0.3) is 11.1 Å². The highest BCUT2D eigenvalue weighted by atomic mass is 35.5. The summed E-state index contributed by atoms with van der Waals surface area (Å²) in [6.07, 6.45) is -0.00791. The molecule has 2 atom stereocenters. The zero-order chi connectivity index (χ0) is 24.8. The van der Waals surface area contributed by atoms with Gasteiger partial charge in [0.25, 0.3) is 11.1 Å². The van der Waals surface area contributed by atoms with E-state index in [1.807, 2.05) is 0 Å². The zero-order valence-electron chi connectivity index (χ0n) is 19.8. The molecule has 3 aromatic rings. The van der Waals surface area contributed by atoms with E-state index in [0.717, 1.165) is 50.5 Å². The Morgan fingerprint density at radius 3 is 2.32 bits per heavy atom. The first-order valence-corrected chi connectivity index (χ1v) is 11.7. The van der Waals surface area contributed by atoms with Crippen molar-refractivity contribution in [3.8, 4) is 11.1 Å². The Hall–Kier alpha value is -2.62. The highest BCUT2D eigenvalue weighted by Crippen LogP contribution is 2.59. The first-order chi connectivity index (χ1) is 16.7. The number of piperidine rings is 1. The molecule has 2 fully saturated rings. The second-order valence-corrected chi connectivity index (χ2v) is 9.54. The van der Waals surface area contributed by atoms with Crippen molar-refractivity contribution in [2.75, 3.05) is 19.6 Å². The van der Waals surface area contributed by atoms with Crippen LogP contribution in [-0.2, 0) is 18.1 Å². The summed E-state index contributed by atoms with van der Waals surface area (Å²) in [6.45, 7) is 3.12. The Morgan fingerprint density at radius 2 is 1.65 bits per heavy atom. The van der Waals surface area contributed by atoms with Crippen LogP contribution in [0.15, 0.2) is 64.3 Å². The van der Waals surface area contributed by atoms with E-state index >= 15 is 0 Å². The number of aromatic amines is 1. The third kappa shape index (κ3) is 5.78. The summed E-state index contributed by atoms with van der Waals surface area (Å²) in [4.78, 5) is 29.3. The number of unbranched alkanes of at least 4 members (excludes halogenated alkanes) is 1. The molecule has 5 rings (SSSR count). The van der Waals surface area contributed by atoms with Crippen molar-refractivity contribution in [2.24, 2.45) is 5.92 Å². The minimum Gasteiger partial charge on any atom is -0.315 e. The van der Waals surface area contributed by atoms with Gasteiger partial charge in [0.15, 0.2) is 5.95 Å². The highest BCUT2D eigenvalue weighted by Gasteiger charge is 2.60. The number of fused-ring (bicyclic) bond motifs is 1. The SMILES string of the molecule is Cl.Cl.O=c1[nH]c(F)ccc1-c1cccn(CCCCN2C[C@@H]3C[C@]3(c3ccc(C(F)(F)F)cc3)C2)c1=O. The van der Waals surface area contributed by atoms with Crippen LogP contribution in [0, 0.1) is 11.9 Å². The number of rotatable bonds is 7. The molecule has 1 aliphatic carbocycles. The van der Waals surface area contributed by atoms with Crippen LogP contribution in [0.4, 0.5) is 17.6 Å². The summed E-state index contributed by atoms with van der Waals surface area (Å²) in [7, 11) is 0. The van der Waals surface area contributed by atoms with Crippen LogP contribution in [-0.4, -0.2) is 34.1 Å². The van der Waals surface area contributed by atoms with Gasteiger partial charge in [0.05, 0.1) is 16.7 Å². The molecule has 5 nitrogen and oxygen atoms in total. The summed E-state index contributed by atoms with van der Waals surface area (Å²) < 4.78 is 53.4. The van der Waals surface area contributed by atoms with Crippen LogP contribution < -0.4 is 11.1 Å². The first-order valence-electron chi connectivity index (χ1n) is 11.7. The number of hydrogen-bond donors (Lipinski definition) is 1. The van der Waals surface area contributed by atoms with Crippen molar-refractivity contribution in [1.29, 1.82) is 0 Å². The van der Waals surface area contributed by atoms with Crippen LogP contribution in [0.1, 0.15) is 30.4 Å². The largest absolute Gasteiger partial charge is 0.416 e. The highest BCUT2D eigenvalue weighted by molar-refractivity contribution is 5.85. The number of halogens is 6. The fourth-order valence-electron chi connectivity index (χ4n) is 5.39. The average Bonchev–Trinajstić information content (AvgIpc) is 3.39. The Bertz CT molecular complexity index is 1360. The lowest BCUT2D eigenvalue weighted by atomic mass is 9.94. The van der Waals surface area contributed by atoms with E-state index in [-0.39, 0.29) is 46.9 Å². The van der Waals surface area contributed by atoms with Crippen LogP contribution in [0.3, 0.4) is 0 Å². The molecule has 1 aromatic carbocycles. The van der Waals surface area contributed by atoms with E-state index in [1.54, 1.807) is 35.0 Å². The topological polar surface area (TPSA) is 58.1 Å². The molecule has 3 heterocycles. The maximum atomic E-state index is 13.2. The van der Waals surface area contributed by atoms with Gasteiger partial charge in [-0.05, 0) is 73.7 Å². The Morgan fingerprint density at radius 1 is 0.946 bits per heavy atom. The van der Waals surface area contributed by atoms with Crippen molar-refractivity contribution in [3.05, 3.63) is 92.5 Å². The number of hydrogen-bond acceptors (Lipinski definition) is 3. The van der Waals surface area contributed by atoms with E-state index in [4.69, 9.17) is 0 Å². The number of alkyl halides is 3. The van der Waals surface area contributed by atoms with Gasteiger partial charge in [0.2, 0.25) is 0 Å². The van der Waals surface area contributed by atoms with E-state index in [9.17, 15) is 27.2 Å². The van der Waals surface area contributed by atoms with Gasteiger partial charge in [-0.25, -0.2) is 0 Å². The Kier molecular flexibility index (Phi) is 8.61. The van der Waals surface area contributed by atoms with Gasteiger partial charge >= 0.3 is 6.18 Å². The Balaban J connectivity index is 0.00000190. The molecule has 200 valence electrons. The quantitative estimate of drug-likeness (QED) is 0.244. The number of aromatic nitrogens is 2. The molecule has 1 saturated carbocycles. The molecule has 2 aromatic heterocycles. The van der Waals surface area contributed by atoms with Gasteiger partial charge in [0, 0.05) is 31.2 Å². The van der Waals surface area contributed by atoms with Gasteiger partial charge in [-0.3, -0.25) is 14.6 Å². The van der Waals surface area contributed by atoms with E-state index in [2.05, 4.69) is 9.88 Å². The molecule has 0 radical (unpaired) electrons. The molecular formula is C26H27Cl2F4N3O2. The summed E-state index contributed by atoms with van der Waals surface area (Å²) in [6, 6.07) is 11.3. The fraction of sp³-hybridized carbons (Fsp3) is 0.385. The van der Waals surface area contributed by atoms with Crippen LogP contribution in [0.5, 0.6) is 0 Å². The number of likely N-dealkylation sites (tertiary alicyclic amines) is 1. The van der Waals surface area contributed by atoms with Crippen molar-refractivity contribution in [1.82, 2.24) is 14.5 Å². The molecule has 0 unspecified atom stereocenters. The molecule has 2 aliphatic rings. The second kappa shape index (κ2) is 11.0. The molecule has 0 amide bonds. The second-order valence-electron chi connectivity index (χ2n) is 9.54. The lowest BCUT2D eigenvalue weighted by Crippen LogP contribution is -2.28. The molecule has 0 spiro atoms. The number of benzene rings is 1. The predicted molar refractivity (Wildman–Crippen MR) is 138 cm³/mol. The summed E-state index contributed by atoms with van der Waals surface area (Å²) >= 11 is 0. The van der Waals surface area contributed by atoms with Crippen LogP contribution >= 0.6 is 24.8 Å². The van der Waals surface area contributed by atoms with Crippen molar-refractivity contribution < 1.29 is 17.6 Å². The standard InChI is InChI=1S/C26H25F4N3O2.2ClH/c27-22-10-9-20(23(34)31-22)21-4-3-13-33(24(21)35)12-2-1-11-32-15-19-14-25(19,16-32)17-5-7-18(8-6-17)26(28,29)30;;/h3-10,13,19H,1-2,11-12,14-16H2,(H,31,34);2*1H/t19-,25+;;/m0../s1. The zero-order valence-corrected chi connectivity index (χ0v) is 21.4. The maximum Gasteiger partial charge on any atom is 0.416 e. The first kappa shape index (κ1) is 28.9. The molecule has 0 bridgehead atoms. The third-order valence-electron chi connectivity index (χ3n) is 7.31. The predicted octanol–water partition coefficient (Wildman–Crippen LogP) is 5.26. The minimum atomic E-state index is -4.32. The third-order valence-corrected chi connectivity index (χ3v) is 7.31. The lowest BCUT2D eigenvalue weighted by Gasteiger charge is -2.21. The van der Waals surface area contributed by atoms with Crippen LogP contribution in [0.2, 0.25) is 0 Å². The Labute approximate surface area is 223 Å². The van der Waals surface area contributed by atoms with Gasteiger partial charge in [-0.1, -0.05) is 12.1 Å². The summed E-state index contributed by atoms with van der Waals surface area (Å²) in [5.41, 5.74) is -0.243. The lowest BCUT2D eigenvalue weighted by molar-refractivity contribution is -0.137. The van der Waals surface area contributed by atoms with Gasteiger partial charge in [0.1, 0.15) is 0 Å². The fourth-order valence-corrected chi connectivity index (χ4v) is 5.39. The maximum absolute atomic E-state index is 13.2. The summed E-state index contributed by atoms with van der Waals surface area (Å²) in [5.74, 6) is -0.276. The molecular weight excluding hydrogens is 533 g/mol. The average molecular weight is 560 g/mol. The van der Waals surface area contributed by atoms with E-state index in [0.29, 0.717) is 12.5 Å². The smallest absolute Gasteiger partial charge is 0.315 e. The molecule has 1 N–H and O–H groups in total. The number of aryl methyl sites for hydroxylation is 1. The molecule has 37 heavy (non-hydrogen) atoms. The van der Waals surface area contributed by atoms with Crippen molar-refractivity contribution in [3.63, 3.8) is 0 Å². The summed E-state index contributed by atoms with van der Waals surface area (Å²) in [5, 5.41) is 0. The van der Waals surface area contributed by atoms with Crippen molar-refractivity contribution in [2.45, 2.75) is 37.4 Å².